The smallest absolute Gasteiger partial charge is 0.329 e. The van der Waals surface area contributed by atoms with Crippen LogP contribution in [0, 0.1) is 12.8 Å². The molecule has 4 nitrogen and oxygen atoms in total. The standard InChI is InChI=1S/C16H14O4/c1-10-3-5-12(6-4-10)7-8-13(17)15-14(18)9-11(2)20-16(15)19/h3-9,15H,1-2H3/b8-7+/t15-/m0/s1. The van der Waals surface area contributed by atoms with Crippen molar-refractivity contribution in [3.8, 4) is 0 Å². The Labute approximate surface area is 116 Å². The highest BCUT2D eigenvalue weighted by molar-refractivity contribution is 6.25. The molecule has 1 aliphatic rings. The number of benzene rings is 1. The van der Waals surface area contributed by atoms with E-state index < -0.39 is 23.5 Å². The highest BCUT2D eigenvalue weighted by Crippen LogP contribution is 2.16. The Morgan fingerprint density at radius 2 is 1.80 bits per heavy atom. The number of rotatable bonds is 3. The summed E-state index contributed by atoms with van der Waals surface area (Å²) in [6.45, 7) is 3.46. The van der Waals surface area contributed by atoms with Crippen LogP contribution in [-0.4, -0.2) is 17.5 Å². The van der Waals surface area contributed by atoms with Crippen molar-refractivity contribution in [2.75, 3.05) is 0 Å². The van der Waals surface area contributed by atoms with Crippen molar-refractivity contribution in [3.05, 3.63) is 53.3 Å². The van der Waals surface area contributed by atoms with E-state index in [-0.39, 0.29) is 5.76 Å². The molecule has 1 atom stereocenters. The second kappa shape index (κ2) is 5.65. The summed E-state index contributed by atoms with van der Waals surface area (Å²) in [5.74, 6) is -3.07. The summed E-state index contributed by atoms with van der Waals surface area (Å²) in [7, 11) is 0. The molecule has 4 heteroatoms. The van der Waals surface area contributed by atoms with E-state index in [9.17, 15) is 14.4 Å². The zero-order valence-corrected chi connectivity index (χ0v) is 11.3. The van der Waals surface area contributed by atoms with Gasteiger partial charge >= 0.3 is 5.97 Å². The summed E-state index contributed by atoms with van der Waals surface area (Å²) < 4.78 is 4.80. The molecule has 20 heavy (non-hydrogen) atoms. The van der Waals surface area contributed by atoms with Crippen LogP contribution in [-0.2, 0) is 19.1 Å². The first-order chi connectivity index (χ1) is 9.47. The number of carbonyl (C=O) groups is 3. The van der Waals surface area contributed by atoms with E-state index in [2.05, 4.69) is 0 Å². The molecule has 0 fully saturated rings. The topological polar surface area (TPSA) is 60.4 Å². The highest BCUT2D eigenvalue weighted by Gasteiger charge is 2.36. The molecule has 0 aromatic heterocycles. The Morgan fingerprint density at radius 3 is 2.40 bits per heavy atom. The maximum Gasteiger partial charge on any atom is 0.329 e. The lowest BCUT2D eigenvalue weighted by Crippen LogP contribution is -2.34. The molecular weight excluding hydrogens is 256 g/mol. The molecule has 0 amide bonds. The molecule has 0 bridgehead atoms. The number of allylic oxidation sites excluding steroid dienone is 3. The summed E-state index contributed by atoms with van der Waals surface area (Å²) in [4.78, 5) is 35.2. The van der Waals surface area contributed by atoms with Crippen LogP contribution in [0.3, 0.4) is 0 Å². The Morgan fingerprint density at radius 1 is 1.15 bits per heavy atom. The number of cyclic esters (lactones) is 1. The van der Waals surface area contributed by atoms with E-state index in [0.29, 0.717) is 0 Å². The van der Waals surface area contributed by atoms with Crippen LogP contribution in [0.25, 0.3) is 6.08 Å². The first-order valence-electron chi connectivity index (χ1n) is 6.20. The fourth-order valence-electron chi connectivity index (χ4n) is 1.86. The number of ketones is 2. The second-order valence-electron chi connectivity index (χ2n) is 4.66. The first kappa shape index (κ1) is 13.9. The molecule has 0 saturated heterocycles. The molecule has 0 unspecified atom stereocenters. The molecule has 1 aliphatic heterocycles. The monoisotopic (exact) mass is 270 g/mol. The van der Waals surface area contributed by atoms with Gasteiger partial charge in [0, 0.05) is 6.08 Å². The molecular formula is C16H14O4. The molecule has 0 aliphatic carbocycles. The van der Waals surface area contributed by atoms with Crippen molar-refractivity contribution in [2.45, 2.75) is 13.8 Å². The minimum Gasteiger partial charge on any atom is -0.430 e. The molecule has 102 valence electrons. The molecule has 0 saturated carbocycles. The van der Waals surface area contributed by atoms with Crippen molar-refractivity contribution in [1.82, 2.24) is 0 Å². The first-order valence-corrected chi connectivity index (χ1v) is 6.20. The van der Waals surface area contributed by atoms with Gasteiger partial charge in [-0.3, -0.25) is 14.4 Å². The minimum atomic E-state index is -1.37. The van der Waals surface area contributed by atoms with Crippen molar-refractivity contribution >= 4 is 23.6 Å². The van der Waals surface area contributed by atoms with Gasteiger partial charge in [-0.05, 0) is 25.5 Å². The fraction of sp³-hybridized carbons (Fsp3) is 0.188. The maximum atomic E-state index is 11.9. The van der Waals surface area contributed by atoms with E-state index in [1.165, 1.54) is 19.1 Å². The van der Waals surface area contributed by atoms with Crippen molar-refractivity contribution < 1.29 is 19.1 Å². The van der Waals surface area contributed by atoms with Crippen LogP contribution in [0.4, 0.5) is 0 Å². The summed E-state index contributed by atoms with van der Waals surface area (Å²) in [5, 5.41) is 0. The van der Waals surface area contributed by atoms with Crippen molar-refractivity contribution in [2.24, 2.45) is 5.92 Å². The summed E-state index contributed by atoms with van der Waals surface area (Å²) in [6.07, 6.45) is 3.99. The van der Waals surface area contributed by atoms with E-state index in [1.54, 1.807) is 6.08 Å². The number of aryl methyl sites for hydroxylation is 1. The lowest BCUT2D eigenvalue weighted by Gasteiger charge is -2.15. The van der Waals surface area contributed by atoms with Gasteiger partial charge in [0.05, 0.1) is 0 Å². The van der Waals surface area contributed by atoms with E-state index >= 15 is 0 Å². The zero-order chi connectivity index (χ0) is 14.7. The largest absolute Gasteiger partial charge is 0.430 e. The molecule has 2 rings (SSSR count). The molecule has 1 aromatic carbocycles. The van der Waals surface area contributed by atoms with Gasteiger partial charge in [-0.2, -0.15) is 0 Å². The van der Waals surface area contributed by atoms with Gasteiger partial charge in [-0.1, -0.05) is 35.9 Å². The third-order valence-corrected chi connectivity index (χ3v) is 2.93. The number of carbonyl (C=O) groups excluding carboxylic acids is 3. The van der Waals surface area contributed by atoms with Crippen LogP contribution in [0.1, 0.15) is 18.1 Å². The quantitative estimate of drug-likeness (QED) is 0.480. The van der Waals surface area contributed by atoms with Gasteiger partial charge in [0.25, 0.3) is 0 Å². The van der Waals surface area contributed by atoms with Gasteiger partial charge in [0.1, 0.15) is 5.76 Å². The maximum absolute atomic E-state index is 11.9. The average molecular weight is 270 g/mol. The number of ether oxygens (including phenoxy) is 1. The SMILES string of the molecule is CC1=CC(=O)[C@H](C(=O)/C=C/c2ccc(C)cc2)C(=O)O1. The van der Waals surface area contributed by atoms with E-state index in [0.717, 1.165) is 11.1 Å². The average Bonchev–Trinajstić information content (AvgIpc) is 2.37. The molecule has 0 N–H and O–H groups in total. The van der Waals surface area contributed by atoms with Crippen molar-refractivity contribution in [3.63, 3.8) is 0 Å². The third kappa shape index (κ3) is 3.09. The van der Waals surface area contributed by atoms with Crippen LogP contribution in [0.15, 0.2) is 42.2 Å². The molecule has 0 radical (unpaired) electrons. The van der Waals surface area contributed by atoms with Crippen LogP contribution >= 0.6 is 0 Å². The zero-order valence-electron chi connectivity index (χ0n) is 11.3. The van der Waals surface area contributed by atoms with Gasteiger partial charge in [-0.15, -0.1) is 0 Å². The molecule has 0 spiro atoms. The predicted octanol–water partition coefficient (Wildman–Crippen LogP) is 2.22. The number of esters is 1. The fourth-order valence-corrected chi connectivity index (χ4v) is 1.86. The van der Waals surface area contributed by atoms with Gasteiger partial charge in [0.15, 0.2) is 17.5 Å². The van der Waals surface area contributed by atoms with Gasteiger partial charge in [-0.25, -0.2) is 0 Å². The minimum absolute atomic E-state index is 0.214. The third-order valence-electron chi connectivity index (χ3n) is 2.93. The van der Waals surface area contributed by atoms with Gasteiger partial charge in [0.2, 0.25) is 0 Å². The van der Waals surface area contributed by atoms with Crippen LogP contribution < -0.4 is 0 Å². The normalized spacial score (nSPS) is 18.9. The summed E-state index contributed by atoms with van der Waals surface area (Å²) >= 11 is 0. The Hall–Kier alpha value is -2.49. The lowest BCUT2D eigenvalue weighted by molar-refractivity contribution is -0.151. The van der Waals surface area contributed by atoms with Crippen molar-refractivity contribution in [1.29, 1.82) is 0 Å². The van der Waals surface area contributed by atoms with Crippen LogP contribution in [0.5, 0.6) is 0 Å². The number of hydrogen-bond donors (Lipinski definition) is 0. The molecule has 1 aromatic rings. The van der Waals surface area contributed by atoms with Gasteiger partial charge < -0.3 is 4.74 Å². The van der Waals surface area contributed by atoms with E-state index in [4.69, 9.17) is 4.74 Å². The Balaban J connectivity index is 2.14. The Kier molecular flexibility index (Phi) is 3.94. The van der Waals surface area contributed by atoms with E-state index in [1.807, 2.05) is 31.2 Å². The Bertz CT molecular complexity index is 620. The lowest BCUT2D eigenvalue weighted by atomic mass is 9.96. The summed E-state index contributed by atoms with van der Waals surface area (Å²) in [5.41, 5.74) is 1.94. The predicted molar refractivity (Wildman–Crippen MR) is 73.6 cm³/mol. The van der Waals surface area contributed by atoms with Crippen LogP contribution in [0.2, 0.25) is 0 Å². The second-order valence-corrected chi connectivity index (χ2v) is 4.66. The molecule has 1 heterocycles. The highest BCUT2D eigenvalue weighted by atomic mass is 16.5. The summed E-state index contributed by atoms with van der Waals surface area (Å²) in [6, 6.07) is 7.53. The number of hydrogen-bond acceptors (Lipinski definition) is 4.